The SMILES string of the molecule is Cc1nn(C)c(CC(O)CSc2ccccc2Br)c1Cl. The first-order valence-corrected chi connectivity index (χ1v) is 8.38. The van der Waals surface area contributed by atoms with E-state index in [1.54, 1.807) is 16.4 Å². The van der Waals surface area contributed by atoms with Gasteiger partial charge in [-0.15, -0.1) is 11.8 Å². The minimum atomic E-state index is -0.459. The highest BCUT2D eigenvalue weighted by Crippen LogP contribution is 2.28. The van der Waals surface area contributed by atoms with Gasteiger partial charge in [-0.1, -0.05) is 23.7 Å². The van der Waals surface area contributed by atoms with E-state index in [2.05, 4.69) is 21.0 Å². The van der Waals surface area contributed by atoms with E-state index in [9.17, 15) is 5.11 Å². The number of halogens is 2. The van der Waals surface area contributed by atoms with Crippen LogP contribution in [0.15, 0.2) is 33.6 Å². The van der Waals surface area contributed by atoms with E-state index >= 15 is 0 Å². The Morgan fingerprint density at radius 1 is 1.45 bits per heavy atom. The van der Waals surface area contributed by atoms with E-state index in [1.165, 1.54) is 0 Å². The predicted octanol–water partition coefficient (Wildman–Crippen LogP) is 3.84. The van der Waals surface area contributed by atoms with Crippen LogP contribution in [-0.4, -0.2) is 26.7 Å². The first-order chi connectivity index (χ1) is 9.49. The Morgan fingerprint density at radius 3 is 2.75 bits per heavy atom. The minimum Gasteiger partial charge on any atom is -0.392 e. The molecule has 1 aromatic heterocycles. The standard InChI is InChI=1S/C14H16BrClN2OS/c1-9-14(16)12(18(2)17-9)7-10(19)8-20-13-6-4-3-5-11(13)15/h3-6,10,19H,7-8H2,1-2H3. The van der Waals surface area contributed by atoms with E-state index in [0.717, 1.165) is 20.8 Å². The van der Waals surface area contributed by atoms with Crippen molar-refractivity contribution >= 4 is 39.3 Å². The van der Waals surface area contributed by atoms with Crippen molar-refractivity contribution in [3.63, 3.8) is 0 Å². The van der Waals surface area contributed by atoms with Crippen LogP contribution in [0.1, 0.15) is 11.4 Å². The summed E-state index contributed by atoms with van der Waals surface area (Å²) in [6.45, 7) is 1.87. The van der Waals surface area contributed by atoms with Crippen molar-refractivity contribution in [2.24, 2.45) is 7.05 Å². The highest BCUT2D eigenvalue weighted by molar-refractivity contribution is 9.10. The van der Waals surface area contributed by atoms with Gasteiger partial charge in [0, 0.05) is 28.6 Å². The largest absolute Gasteiger partial charge is 0.392 e. The maximum Gasteiger partial charge on any atom is 0.0847 e. The zero-order chi connectivity index (χ0) is 14.7. The van der Waals surface area contributed by atoms with Crippen LogP contribution in [0, 0.1) is 6.92 Å². The fourth-order valence-electron chi connectivity index (χ4n) is 1.93. The molecule has 0 saturated heterocycles. The predicted molar refractivity (Wildman–Crippen MR) is 87.5 cm³/mol. The zero-order valence-corrected chi connectivity index (χ0v) is 14.5. The number of aliphatic hydroxyl groups excluding tert-OH is 1. The summed E-state index contributed by atoms with van der Waals surface area (Å²) in [5.74, 6) is 0.614. The van der Waals surface area contributed by atoms with Crippen LogP contribution in [0.2, 0.25) is 5.02 Å². The number of rotatable bonds is 5. The van der Waals surface area contributed by atoms with Crippen molar-refractivity contribution < 1.29 is 5.11 Å². The van der Waals surface area contributed by atoms with E-state index < -0.39 is 6.10 Å². The second-order valence-electron chi connectivity index (χ2n) is 4.57. The van der Waals surface area contributed by atoms with Crippen molar-refractivity contribution in [3.8, 4) is 0 Å². The first kappa shape index (κ1) is 15.9. The van der Waals surface area contributed by atoms with E-state index in [-0.39, 0.29) is 0 Å². The van der Waals surface area contributed by atoms with Gasteiger partial charge in [0.25, 0.3) is 0 Å². The van der Waals surface area contributed by atoms with Gasteiger partial charge in [0.1, 0.15) is 0 Å². The summed E-state index contributed by atoms with van der Waals surface area (Å²) in [6, 6.07) is 7.99. The van der Waals surface area contributed by atoms with Crippen molar-refractivity contribution in [2.75, 3.05) is 5.75 Å². The molecule has 20 heavy (non-hydrogen) atoms. The molecule has 108 valence electrons. The second-order valence-corrected chi connectivity index (χ2v) is 6.86. The van der Waals surface area contributed by atoms with Gasteiger partial charge in [-0.25, -0.2) is 0 Å². The van der Waals surface area contributed by atoms with Crippen LogP contribution in [0.5, 0.6) is 0 Å². The van der Waals surface area contributed by atoms with Crippen LogP contribution in [-0.2, 0) is 13.5 Å². The maximum atomic E-state index is 10.2. The molecule has 0 fully saturated rings. The van der Waals surface area contributed by atoms with Gasteiger partial charge in [0.2, 0.25) is 0 Å². The van der Waals surface area contributed by atoms with Crippen molar-refractivity contribution in [1.29, 1.82) is 0 Å². The number of aromatic nitrogens is 2. The van der Waals surface area contributed by atoms with Crippen LogP contribution in [0.25, 0.3) is 0 Å². The Balaban J connectivity index is 1.96. The highest BCUT2D eigenvalue weighted by atomic mass is 79.9. The molecule has 3 nitrogen and oxygen atoms in total. The number of hydrogen-bond donors (Lipinski definition) is 1. The molecule has 0 radical (unpaired) electrons. The third kappa shape index (κ3) is 3.79. The Labute approximate surface area is 136 Å². The van der Waals surface area contributed by atoms with Gasteiger partial charge in [-0.3, -0.25) is 4.68 Å². The van der Waals surface area contributed by atoms with Gasteiger partial charge in [-0.2, -0.15) is 5.10 Å². The molecule has 1 heterocycles. The van der Waals surface area contributed by atoms with Crippen LogP contribution in [0.3, 0.4) is 0 Å². The Bertz CT molecular complexity index is 603. The van der Waals surface area contributed by atoms with E-state index in [1.807, 2.05) is 38.2 Å². The number of hydrogen-bond acceptors (Lipinski definition) is 3. The van der Waals surface area contributed by atoms with Crippen LogP contribution in [0.4, 0.5) is 0 Å². The quantitative estimate of drug-likeness (QED) is 0.807. The lowest BCUT2D eigenvalue weighted by Crippen LogP contribution is -2.16. The lowest BCUT2D eigenvalue weighted by molar-refractivity contribution is 0.197. The second kappa shape index (κ2) is 6.98. The van der Waals surface area contributed by atoms with Gasteiger partial charge in [0.15, 0.2) is 0 Å². The molecule has 2 aromatic rings. The fraction of sp³-hybridized carbons (Fsp3) is 0.357. The Kier molecular flexibility index (Phi) is 5.55. The maximum absolute atomic E-state index is 10.2. The monoisotopic (exact) mass is 374 g/mol. The summed E-state index contributed by atoms with van der Waals surface area (Å²) in [4.78, 5) is 1.12. The Morgan fingerprint density at radius 2 is 2.15 bits per heavy atom. The molecule has 0 amide bonds. The molecule has 2 rings (SSSR count). The zero-order valence-electron chi connectivity index (χ0n) is 11.3. The summed E-state index contributed by atoms with van der Waals surface area (Å²) >= 11 is 11.3. The number of aliphatic hydroxyl groups is 1. The molecule has 0 bridgehead atoms. The molecule has 0 saturated carbocycles. The average molecular weight is 376 g/mol. The molecule has 0 aliphatic heterocycles. The summed E-state index contributed by atoms with van der Waals surface area (Å²) in [6.07, 6.45) is 0.0487. The summed E-state index contributed by atoms with van der Waals surface area (Å²) < 4.78 is 2.79. The molecular formula is C14H16BrClN2OS. The van der Waals surface area contributed by atoms with Gasteiger partial charge >= 0.3 is 0 Å². The normalized spacial score (nSPS) is 12.7. The number of thioether (sulfide) groups is 1. The van der Waals surface area contributed by atoms with Gasteiger partial charge < -0.3 is 5.11 Å². The van der Waals surface area contributed by atoms with Crippen LogP contribution >= 0.6 is 39.3 Å². The first-order valence-electron chi connectivity index (χ1n) is 6.22. The topological polar surface area (TPSA) is 38.0 Å². The lowest BCUT2D eigenvalue weighted by Gasteiger charge is -2.11. The van der Waals surface area contributed by atoms with Crippen molar-refractivity contribution in [1.82, 2.24) is 9.78 Å². The molecular weight excluding hydrogens is 360 g/mol. The number of aryl methyl sites for hydroxylation is 2. The highest BCUT2D eigenvalue weighted by Gasteiger charge is 2.16. The molecule has 6 heteroatoms. The van der Waals surface area contributed by atoms with Crippen LogP contribution < -0.4 is 0 Å². The van der Waals surface area contributed by atoms with Gasteiger partial charge in [0.05, 0.1) is 22.5 Å². The molecule has 1 aromatic carbocycles. The van der Waals surface area contributed by atoms with E-state index in [0.29, 0.717) is 17.2 Å². The molecule has 1 N–H and O–H groups in total. The molecule has 1 atom stereocenters. The number of benzene rings is 1. The molecule has 1 unspecified atom stereocenters. The van der Waals surface area contributed by atoms with Crippen molar-refractivity contribution in [3.05, 3.63) is 45.1 Å². The fourth-order valence-corrected chi connectivity index (χ4v) is 3.67. The third-order valence-electron chi connectivity index (χ3n) is 2.96. The minimum absolute atomic E-state index is 0.459. The summed E-state index contributed by atoms with van der Waals surface area (Å²) in [5, 5.41) is 15.1. The third-order valence-corrected chi connectivity index (χ3v) is 5.62. The van der Waals surface area contributed by atoms with Crippen molar-refractivity contribution in [2.45, 2.75) is 24.3 Å². The Hall–Kier alpha value is -0.490. The molecule has 0 aliphatic carbocycles. The van der Waals surface area contributed by atoms with E-state index in [4.69, 9.17) is 11.6 Å². The molecule has 0 aliphatic rings. The van der Waals surface area contributed by atoms with Gasteiger partial charge in [-0.05, 0) is 35.0 Å². The molecule has 0 spiro atoms. The smallest absolute Gasteiger partial charge is 0.0847 e. The number of nitrogens with zero attached hydrogens (tertiary/aromatic N) is 2. The average Bonchev–Trinajstić information content (AvgIpc) is 2.64. The lowest BCUT2D eigenvalue weighted by atomic mass is 10.2. The summed E-state index contributed by atoms with van der Waals surface area (Å²) in [7, 11) is 1.85. The summed E-state index contributed by atoms with van der Waals surface area (Å²) in [5.41, 5.74) is 1.68.